The molecule has 3 aromatic carbocycles. The van der Waals surface area contributed by atoms with E-state index < -0.39 is 17.7 Å². The fourth-order valence-electron chi connectivity index (χ4n) is 5.12. The third-order valence-corrected chi connectivity index (χ3v) is 9.35. The molecule has 9 nitrogen and oxygen atoms in total. The predicted octanol–water partition coefficient (Wildman–Crippen LogP) is 5.80. The van der Waals surface area contributed by atoms with Crippen molar-refractivity contribution in [2.45, 2.75) is 42.5 Å². The van der Waals surface area contributed by atoms with Crippen molar-refractivity contribution in [2.24, 2.45) is 0 Å². The summed E-state index contributed by atoms with van der Waals surface area (Å²) in [5, 5.41) is 30.5. The number of Topliss-reactive ketones (excluding diaryl/α,β-unsaturated/α-hetero) is 1. The quantitative estimate of drug-likeness (QED) is 0.0889. The average Bonchev–Trinajstić information content (AvgIpc) is 3.67. The number of ketones is 1. The van der Waals surface area contributed by atoms with Crippen LogP contribution in [0.4, 0.5) is 5.13 Å². The number of aliphatic hydroxyl groups is 1. The molecule has 11 heteroatoms. The highest BCUT2D eigenvalue weighted by molar-refractivity contribution is 8.00. The first-order valence-corrected chi connectivity index (χ1v) is 15.0. The molecular formula is C31H27N3O6S2. The van der Waals surface area contributed by atoms with Gasteiger partial charge in [0.25, 0.3) is 5.78 Å². The molecule has 4 aromatic rings. The summed E-state index contributed by atoms with van der Waals surface area (Å²) in [6.45, 7) is 3.99. The van der Waals surface area contributed by atoms with Crippen LogP contribution in [-0.4, -0.2) is 45.3 Å². The number of amides is 1. The van der Waals surface area contributed by atoms with E-state index in [1.54, 1.807) is 30.3 Å². The molecular weight excluding hydrogens is 574 g/mol. The third-order valence-electron chi connectivity index (χ3n) is 7.22. The first-order chi connectivity index (χ1) is 20.2. The molecule has 2 aliphatic heterocycles. The Bertz CT molecular complexity index is 1730. The van der Waals surface area contributed by atoms with Gasteiger partial charge in [-0.15, -0.1) is 10.2 Å². The molecule has 1 fully saturated rings. The number of ether oxygens (including phenoxy) is 2. The third kappa shape index (κ3) is 5.10. The van der Waals surface area contributed by atoms with E-state index in [1.807, 2.05) is 38.1 Å². The van der Waals surface area contributed by atoms with Gasteiger partial charge in [0.1, 0.15) is 17.6 Å². The van der Waals surface area contributed by atoms with Crippen molar-refractivity contribution in [1.29, 1.82) is 0 Å². The van der Waals surface area contributed by atoms with Gasteiger partial charge in [-0.25, -0.2) is 0 Å². The summed E-state index contributed by atoms with van der Waals surface area (Å²) in [5.74, 6) is -0.549. The summed E-state index contributed by atoms with van der Waals surface area (Å²) >= 11 is 2.67. The minimum Gasteiger partial charge on any atom is -0.507 e. The van der Waals surface area contributed by atoms with Gasteiger partial charge in [0.2, 0.25) is 5.13 Å². The molecule has 0 saturated carbocycles. The molecule has 2 unspecified atom stereocenters. The SMILES string of the molecule is COc1cc(C2/C(=C(\O)c3ccc4c(c3)CC(C)O4)C(=O)C(=O)N2c2nnc(SCc3ccc(C)cc3)s2)ccc1O. The molecule has 0 spiro atoms. The number of phenolic OH excluding ortho intramolecular Hbond substituents is 1. The molecule has 1 aromatic heterocycles. The maximum Gasteiger partial charge on any atom is 0.301 e. The van der Waals surface area contributed by atoms with Gasteiger partial charge in [-0.2, -0.15) is 0 Å². The van der Waals surface area contributed by atoms with Crippen LogP contribution in [0, 0.1) is 6.92 Å². The van der Waals surface area contributed by atoms with Crippen LogP contribution < -0.4 is 14.4 Å². The Kier molecular flexibility index (Phi) is 7.38. The van der Waals surface area contributed by atoms with E-state index in [0.29, 0.717) is 27.6 Å². The van der Waals surface area contributed by atoms with Crippen LogP contribution in [0.5, 0.6) is 17.2 Å². The van der Waals surface area contributed by atoms with Crippen LogP contribution in [0.15, 0.2) is 70.6 Å². The molecule has 1 saturated heterocycles. The predicted molar refractivity (Wildman–Crippen MR) is 160 cm³/mol. The van der Waals surface area contributed by atoms with Crippen LogP contribution in [0.2, 0.25) is 0 Å². The second kappa shape index (κ2) is 11.1. The van der Waals surface area contributed by atoms with E-state index in [1.165, 1.54) is 46.7 Å². The highest BCUT2D eigenvalue weighted by Gasteiger charge is 2.48. The summed E-state index contributed by atoms with van der Waals surface area (Å²) in [6, 6.07) is 16.9. The van der Waals surface area contributed by atoms with Gasteiger partial charge in [-0.05, 0) is 60.9 Å². The molecule has 214 valence electrons. The lowest BCUT2D eigenvalue weighted by Crippen LogP contribution is -2.29. The fourth-order valence-corrected chi connectivity index (χ4v) is 6.95. The normalized spacial score (nSPS) is 19.2. The van der Waals surface area contributed by atoms with Crippen molar-refractivity contribution in [2.75, 3.05) is 12.0 Å². The number of thioether (sulfide) groups is 1. The highest BCUT2D eigenvalue weighted by Crippen LogP contribution is 2.46. The van der Waals surface area contributed by atoms with E-state index in [4.69, 9.17) is 9.47 Å². The summed E-state index contributed by atoms with van der Waals surface area (Å²) in [4.78, 5) is 28.4. The van der Waals surface area contributed by atoms with Gasteiger partial charge in [-0.3, -0.25) is 14.5 Å². The second-order valence-corrected chi connectivity index (χ2v) is 12.4. The molecule has 42 heavy (non-hydrogen) atoms. The number of carbonyl (C=O) groups is 2. The standard InChI is InChI=1S/C31H27N3O6S2/c1-16-4-6-18(7-5-16)15-41-31-33-32-30(42-31)34-26(19-8-10-22(35)24(14-19)39-3)25(28(37)29(34)38)27(36)20-9-11-23-21(13-20)12-17(2)40-23/h4-11,13-14,17,26,35-36H,12,15H2,1-3H3/b27-25+. The summed E-state index contributed by atoms with van der Waals surface area (Å²) in [5.41, 5.74) is 3.95. The van der Waals surface area contributed by atoms with E-state index in [-0.39, 0.29) is 34.1 Å². The van der Waals surface area contributed by atoms with E-state index in [2.05, 4.69) is 10.2 Å². The zero-order valence-corrected chi connectivity index (χ0v) is 24.7. The molecule has 2 N–H and O–H groups in total. The number of phenols is 1. The number of hydrogen-bond donors (Lipinski definition) is 2. The fraction of sp³-hybridized carbons (Fsp3) is 0.226. The molecule has 0 aliphatic carbocycles. The molecule has 3 heterocycles. The Balaban J connectivity index is 1.41. The minimum atomic E-state index is -1.04. The number of anilines is 1. The van der Waals surface area contributed by atoms with Crippen molar-refractivity contribution in [1.82, 2.24) is 10.2 Å². The average molecular weight is 602 g/mol. The lowest BCUT2D eigenvalue weighted by atomic mass is 9.94. The van der Waals surface area contributed by atoms with Gasteiger partial charge >= 0.3 is 5.91 Å². The van der Waals surface area contributed by atoms with E-state index >= 15 is 0 Å². The molecule has 0 bridgehead atoms. The molecule has 6 rings (SSSR count). The number of benzene rings is 3. The smallest absolute Gasteiger partial charge is 0.301 e. The van der Waals surface area contributed by atoms with Crippen molar-refractivity contribution < 1.29 is 29.3 Å². The number of rotatable bonds is 7. The van der Waals surface area contributed by atoms with Crippen molar-refractivity contribution in [3.63, 3.8) is 0 Å². The van der Waals surface area contributed by atoms with Crippen LogP contribution in [-0.2, 0) is 21.8 Å². The number of aryl methyl sites for hydroxylation is 1. The Hall–Kier alpha value is -4.35. The molecule has 2 atom stereocenters. The van der Waals surface area contributed by atoms with Crippen molar-refractivity contribution in [3.05, 3.63) is 94.1 Å². The number of carbonyl (C=O) groups excluding carboxylic acids is 2. The molecule has 1 amide bonds. The monoisotopic (exact) mass is 601 g/mol. The molecule has 0 radical (unpaired) electrons. The largest absolute Gasteiger partial charge is 0.507 e. The van der Waals surface area contributed by atoms with Gasteiger partial charge in [0.15, 0.2) is 15.8 Å². The van der Waals surface area contributed by atoms with Crippen molar-refractivity contribution >= 4 is 45.7 Å². The number of aliphatic hydroxyl groups excluding tert-OH is 1. The van der Waals surface area contributed by atoms with E-state index in [9.17, 15) is 19.8 Å². The van der Waals surface area contributed by atoms with Gasteiger partial charge in [-0.1, -0.05) is 59.0 Å². The van der Waals surface area contributed by atoms with Crippen LogP contribution >= 0.6 is 23.1 Å². The topological polar surface area (TPSA) is 122 Å². The first kappa shape index (κ1) is 27.8. The lowest BCUT2D eigenvalue weighted by molar-refractivity contribution is -0.132. The summed E-state index contributed by atoms with van der Waals surface area (Å²) < 4.78 is 11.7. The Morgan fingerprint density at radius 2 is 1.90 bits per heavy atom. The van der Waals surface area contributed by atoms with Gasteiger partial charge in [0.05, 0.1) is 18.7 Å². The number of fused-ring (bicyclic) bond motifs is 1. The molecule has 2 aliphatic rings. The Morgan fingerprint density at radius 1 is 1.12 bits per heavy atom. The Morgan fingerprint density at radius 3 is 2.67 bits per heavy atom. The zero-order chi connectivity index (χ0) is 29.5. The van der Waals surface area contributed by atoms with Gasteiger partial charge < -0.3 is 19.7 Å². The summed E-state index contributed by atoms with van der Waals surface area (Å²) in [7, 11) is 1.41. The van der Waals surface area contributed by atoms with Crippen molar-refractivity contribution in [3.8, 4) is 17.2 Å². The maximum absolute atomic E-state index is 13.6. The van der Waals surface area contributed by atoms with Crippen LogP contribution in [0.25, 0.3) is 5.76 Å². The van der Waals surface area contributed by atoms with Crippen LogP contribution in [0.1, 0.15) is 40.8 Å². The number of hydrogen-bond acceptors (Lipinski definition) is 10. The highest BCUT2D eigenvalue weighted by atomic mass is 32.2. The number of methoxy groups -OCH3 is 1. The van der Waals surface area contributed by atoms with Gasteiger partial charge in [0, 0.05) is 17.7 Å². The number of aromatic hydroxyl groups is 1. The number of aromatic nitrogens is 2. The first-order valence-electron chi connectivity index (χ1n) is 13.2. The minimum absolute atomic E-state index is 0.00270. The second-order valence-electron chi connectivity index (χ2n) is 10.2. The Labute approximate surface area is 250 Å². The zero-order valence-electron chi connectivity index (χ0n) is 23.0. The lowest BCUT2D eigenvalue weighted by Gasteiger charge is -2.23. The van der Waals surface area contributed by atoms with Crippen LogP contribution in [0.3, 0.4) is 0 Å². The number of nitrogens with zero attached hydrogens (tertiary/aromatic N) is 3. The summed E-state index contributed by atoms with van der Waals surface area (Å²) in [6.07, 6.45) is 0.667. The maximum atomic E-state index is 13.6. The van der Waals surface area contributed by atoms with E-state index in [0.717, 1.165) is 16.9 Å².